The molecule has 0 aromatic rings. The van der Waals surface area contributed by atoms with Crippen molar-refractivity contribution in [1.29, 1.82) is 0 Å². The molecule has 0 amide bonds. The lowest BCUT2D eigenvalue weighted by Crippen LogP contribution is -2.11. The van der Waals surface area contributed by atoms with E-state index in [1.54, 1.807) is 0 Å². The van der Waals surface area contributed by atoms with Gasteiger partial charge in [-0.2, -0.15) is 0 Å². The van der Waals surface area contributed by atoms with Gasteiger partial charge in [0.25, 0.3) is 0 Å². The SMILES string of the molecule is C=C/C=C\CC1CCC(C)CC1. The Morgan fingerprint density at radius 2 is 1.92 bits per heavy atom. The van der Waals surface area contributed by atoms with E-state index in [1.165, 1.54) is 32.1 Å². The second kappa shape index (κ2) is 5.18. The Labute approximate surface area is 76.4 Å². The van der Waals surface area contributed by atoms with E-state index in [2.05, 4.69) is 25.7 Å². The number of hydrogen-bond donors (Lipinski definition) is 0. The maximum absolute atomic E-state index is 3.67. The van der Waals surface area contributed by atoms with Crippen molar-refractivity contribution in [2.24, 2.45) is 11.8 Å². The van der Waals surface area contributed by atoms with Crippen molar-refractivity contribution in [2.75, 3.05) is 0 Å². The van der Waals surface area contributed by atoms with Crippen LogP contribution in [0, 0.1) is 11.8 Å². The summed E-state index contributed by atoms with van der Waals surface area (Å²) in [6, 6.07) is 0. The average Bonchev–Trinajstić information content (AvgIpc) is 2.09. The van der Waals surface area contributed by atoms with Crippen LogP contribution in [-0.4, -0.2) is 0 Å². The second-order valence-corrected chi connectivity index (χ2v) is 4.03. The molecule has 0 radical (unpaired) electrons. The molecule has 0 saturated heterocycles. The Balaban J connectivity index is 2.17. The summed E-state index contributed by atoms with van der Waals surface area (Å²) in [6.07, 6.45) is 13.2. The largest absolute Gasteiger partial charge is 0.0991 e. The van der Waals surface area contributed by atoms with Gasteiger partial charge in [0.05, 0.1) is 0 Å². The Bertz CT molecular complexity index is 147. The minimum absolute atomic E-state index is 0.956. The first-order valence-corrected chi connectivity index (χ1v) is 5.10. The topological polar surface area (TPSA) is 0 Å². The van der Waals surface area contributed by atoms with E-state index in [-0.39, 0.29) is 0 Å². The zero-order valence-corrected chi connectivity index (χ0v) is 8.13. The van der Waals surface area contributed by atoms with Crippen LogP contribution in [0.2, 0.25) is 0 Å². The predicted molar refractivity (Wildman–Crippen MR) is 55.1 cm³/mol. The van der Waals surface area contributed by atoms with Crippen molar-refractivity contribution < 1.29 is 0 Å². The molecule has 1 aliphatic rings. The van der Waals surface area contributed by atoms with Gasteiger partial charge in [0.1, 0.15) is 0 Å². The van der Waals surface area contributed by atoms with Crippen LogP contribution in [-0.2, 0) is 0 Å². The van der Waals surface area contributed by atoms with Gasteiger partial charge < -0.3 is 0 Å². The van der Waals surface area contributed by atoms with Gasteiger partial charge in [-0.25, -0.2) is 0 Å². The van der Waals surface area contributed by atoms with Crippen molar-refractivity contribution in [3.63, 3.8) is 0 Å². The van der Waals surface area contributed by atoms with Crippen LogP contribution in [0.4, 0.5) is 0 Å². The minimum Gasteiger partial charge on any atom is -0.0991 e. The molecule has 0 heteroatoms. The number of rotatable bonds is 3. The van der Waals surface area contributed by atoms with Gasteiger partial charge in [0, 0.05) is 0 Å². The maximum atomic E-state index is 3.67. The van der Waals surface area contributed by atoms with E-state index in [1.807, 2.05) is 6.08 Å². The van der Waals surface area contributed by atoms with Crippen LogP contribution in [0.3, 0.4) is 0 Å². The highest BCUT2D eigenvalue weighted by atomic mass is 14.2. The maximum Gasteiger partial charge on any atom is -0.0319 e. The first kappa shape index (κ1) is 9.57. The molecule has 0 nitrogen and oxygen atoms in total. The summed E-state index contributed by atoms with van der Waals surface area (Å²) in [7, 11) is 0. The fourth-order valence-corrected chi connectivity index (χ4v) is 1.93. The summed E-state index contributed by atoms with van der Waals surface area (Å²) in [6.45, 7) is 6.04. The summed E-state index contributed by atoms with van der Waals surface area (Å²) in [4.78, 5) is 0. The minimum atomic E-state index is 0.956. The van der Waals surface area contributed by atoms with E-state index < -0.39 is 0 Å². The van der Waals surface area contributed by atoms with Crippen molar-refractivity contribution >= 4 is 0 Å². The highest BCUT2D eigenvalue weighted by Crippen LogP contribution is 2.30. The van der Waals surface area contributed by atoms with Gasteiger partial charge in [0.2, 0.25) is 0 Å². The molecular weight excluding hydrogens is 144 g/mol. The number of hydrogen-bond acceptors (Lipinski definition) is 0. The van der Waals surface area contributed by atoms with E-state index >= 15 is 0 Å². The smallest absolute Gasteiger partial charge is 0.0319 e. The molecule has 0 spiro atoms. The zero-order chi connectivity index (χ0) is 8.81. The molecular formula is C12H20. The first-order chi connectivity index (χ1) is 5.83. The molecule has 0 aromatic heterocycles. The molecule has 0 unspecified atom stereocenters. The summed E-state index contributed by atoms with van der Waals surface area (Å²) in [5, 5.41) is 0. The van der Waals surface area contributed by atoms with Gasteiger partial charge in [-0.3, -0.25) is 0 Å². The third-order valence-electron chi connectivity index (χ3n) is 2.88. The highest BCUT2D eigenvalue weighted by Gasteiger charge is 2.16. The molecule has 0 aliphatic heterocycles. The predicted octanol–water partition coefficient (Wildman–Crippen LogP) is 3.95. The Kier molecular flexibility index (Phi) is 4.13. The molecule has 1 rings (SSSR count). The summed E-state index contributed by atoms with van der Waals surface area (Å²) in [5.74, 6) is 1.93. The Hall–Kier alpha value is -0.520. The molecule has 1 saturated carbocycles. The van der Waals surface area contributed by atoms with Gasteiger partial charge in [-0.15, -0.1) is 0 Å². The molecule has 0 heterocycles. The first-order valence-electron chi connectivity index (χ1n) is 5.10. The van der Waals surface area contributed by atoms with Crippen molar-refractivity contribution in [3.05, 3.63) is 24.8 Å². The van der Waals surface area contributed by atoms with E-state index in [0.717, 1.165) is 11.8 Å². The summed E-state index contributed by atoms with van der Waals surface area (Å²) < 4.78 is 0. The standard InChI is InChI=1S/C12H20/c1-3-4-5-6-12-9-7-11(2)8-10-12/h3-5,11-12H,1,6-10H2,2H3/b5-4-. The molecule has 1 fully saturated rings. The Morgan fingerprint density at radius 1 is 1.25 bits per heavy atom. The quantitative estimate of drug-likeness (QED) is 0.554. The molecule has 1 aliphatic carbocycles. The fraction of sp³-hybridized carbons (Fsp3) is 0.667. The Morgan fingerprint density at radius 3 is 2.50 bits per heavy atom. The molecule has 0 N–H and O–H groups in total. The van der Waals surface area contributed by atoms with Crippen molar-refractivity contribution in [2.45, 2.75) is 39.0 Å². The van der Waals surface area contributed by atoms with Crippen molar-refractivity contribution in [3.8, 4) is 0 Å². The zero-order valence-electron chi connectivity index (χ0n) is 8.13. The van der Waals surface area contributed by atoms with E-state index in [0.29, 0.717) is 0 Å². The lowest BCUT2D eigenvalue weighted by Gasteiger charge is -2.24. The fourth-order valence-electron chi connectivity index (χ4n) is 1.93. The van der Waals surface area contributed by atoms with E-state index in [4.69, 9.17) is 0 Å². The third kappa shape index (κ3) is 3.25. The molecule has 68 valence electrons. The lowest BCUT2D eigenvalue weighted by atomic mass is 9.81. The molecule has 0 bridgehead atoms. The van der Waals surface area contributed by atoms with Crippen LogP contribution >= 0.6 is 0 Å². The highest BCUT2D eigenvalue weighted by molar-refractivity contribution is 4.97. The van der Waals surface area contributed by atoms with Crippen molar-refractivity contribution in [1.82, 2.24) is 0 Å². The van der Waals surface area contributed by atoms with Crippen LogP contribution < -0.4 is 0 Å². The normalized spacial score (nSPS) is 30.8. The van der Waals surface area contributed by atoms with E-state index in [9.17, 15) is 0 Å². The van der Waals surface area contributed by atoms with Gasteiger partial charge in [-0.05, 0) is 31.1 Å². The van der Waals surface area contributed by atoms with Crippen LogP contribution in [0.15, 0.2) is 24.8 Å². The average molecular weight is 164 g/mol. The van der Waals surface area contributed by atoms with Gasteiger partial charge >= 0.3 is 0 Å². The second-order valence-electron chi connectivity index (χ2n) is 4.03. The summed E-state index contributed by atoms with van der Waals surface area (Å²) in [5.41, 5.74) is 0. The molecule has 12 heavy (non-hydrogen) atoms. The monoisotopic (exact) mass is 164 g/mol. The number of allylic oxidation sites excluding steroid dienone is 3. The lowest BCUT2D eigenvalue weighted by molar-refractivity contribution is 0.292. The summed E-state index contributed by atoms with van der Waals surface area (Å²) >= 11 is 0. The van der Waals surface area contributed by atoms with Crippen LogP contribution in [0.1, 0.15) is 39.0 Å². The molecule has 0 atom stereocenters. The van der Waals surface area contributed by atoms with Gasteiger partial charge in [-0.1, -0.05) is 44.6 Å². The third-order valence-corrected chi connectivity index (χ3v) is 2.88. The van der Waals surface area contributed by atoms with Gasteiger partial charge in [0.15, 0.2) is 0 Å². The molecule has 0 aromatic carbocycles. The van der Waals surface area contributed by atoms with Crippen LogP contribution in [0.5, 0.6) is 0 Å². The van der Waals surface area contributed by atoms with Crippen LogP contribution in [0.25, 0.3) is 0 Å².